The Morgan fingerprint density at radius 2 is 1.73 bits per heavy atom. The first-order valence-corrected chi connectivity index (χ1v) is 10.3. The van der Waals surface area contributed by atoms with Gasteiger partial charge in [-0.25, -0.2) is 9.69 Å². The van der Waals surface area contributed by atoms with Gasteiger partial charge in [-0.1, -0.05) is 50.1 Å². The minimum atomic E-state index is -0.568. The van der Waals surface area contributed by atoms with Gasteiger partial charge in [-0.2, -0.15) is 0 Å². The number of anilines is 2. The molecule has 0 aliphatic carbocycles. The molecule has 7 heteroatoms. The molecule has 0 atom stereocenters. The van der Waals surface area contributed by atoms with E-state index in [1.807, 2.05) is 26.0 Å². The first kappa shape index (κ1) is 21.6. The number of carbonyl (C=O) groups excluding carboxylic acids is 3. The summed E-state index contributed by atoms with van der Waals surface area (Å²) in [6.07, 6.45) is 2.42. The molecule has 0 unspecified atom stereocenters. The summed E-state index contributed by atoms with van der Waals surface area (Å²) in [5.41, 5.74) is 2.33. The molecular formula is C23H23ClN2O4. The highest BCUT2D eigenvalue weighted by atomic mass is 35.5. The Bertz CT molecular complexity index is 999. The van der Waals surface area contributed by atoms with Crippen molar-refractivity contribution in [3.8, 4) is 0 Å². The van der Waals surface area contributed by atoms with Crippen molar-refractivity contribution < 1.29 is 19.1 Å². The molecule has 1 aliphatic rings. The number of imide groups is 1. The molecule has 0 saturated heterocycles. The van der Waals surface area contributed by atoms with Crippen molar-refractivity contribution in [2.45, 2.75) is 33.1 Å². The van der Waals surface area contributed by atoms with Crippen molar-refractivity contribution in [3.63, 3.8) is 0 Å². The topological polar surface area (TPSA) is 75.7 Å². The van der Waals surface area contributed by atoms with E-state index in [2.05, 4.69) is 5.32 Å². The summed E-state index contributed by atoms with van der Waals surface area (Å²) in [5.74, 6) is -1.49. The summed E-state index contributed by atoms with van der Waals surface area (Å²) in [5, 5.41) is 2.74. The summed E-state index contributed by atoms with van der Waals surface area (Å²) in [6.45, 7) is 4.35. The van der Waals surface area contributed by atoms with Gasteiger partial charge in [0.25, 0.3) is 11.8 Å². The molecule has 1 aliphatic heterocycles. The molecule has 1 heterocycles. The van der Waals surface area contributed by atoms with Gasteiger partial charge in [0.2, 0.25) is 0 Å². The number of nitrogens with zero attached hydrogens (tertiary/aromatic N) is 1. The average molecular weight is 427 g/mol. The molecule has 0 spiro atoms. The molecule has 0 radical (unpaired) electrons. The Labute approximate surface area is 180 Å². The Hall–Kier alpha value is -3.12. The highest BCUT2D eigenvalue weighted by Crippen LogP contribution is 2.32. The highest BCUT2D eigenvalue weighted by Gasteiger charge is 2.39. The third-order valence-electron chi connectivity index (χ3n) is 4.76. The maximum atomic E-state index is 12.9. The van der Waals surface area contributed by atoms with Gasteiger partial charge in [-0.15, -0.1) is 0 Å². The lowest BCUT2D eigenvalue weighted by Crippen LogP contribution is -2.33. The fraction of sp³-hybridized carbons (Fsp3) is 0.261. The van der Waals surface area contributed by atoms with Gasteiger partial charge in [0.15, 0.2) is 0 Å². The van der Waals surface area contributed by atoms with Crippen LogP contribution < -0.4 is 10.2 Å². The van der Waals surface area contributed by atoms with Crippen molar-refractivity contribution in [2.75, 3.05) is 16.8 Å². The lowest BCUT2D eigenvalue weighted by atomic mass is 10.1. The van der Waals surface area contributed by atoms with Crippen molar-refractivity contribution >= 4 is 40.8 Å². The average Bonchev–Trinajstić information content (AvgIpc) is 2.97. The van der Waals surface area contributed by atoms with E-state index in [1.165, 1.54) is 0 Å². The van der Waals surface area contributed by atoms with E-state index in [0.717, 1.165) is 23.3 Å². The number of nitrogens with one attached hydrogen (secondary N) is 1. The molecule has 2 aromatic carbocycles. The Morgan fingerprint density at radius 1 is 1.03 bits per heavy atom. The van der Waals surface area contributed by atoms with E-state index in [-0.39, 0.29) is 10.7 Å². The third kappa shape index (κ3) is 4.39. The molecule has 156 valence electrons. The van der Waals surface area contributed by atoms with Crippen LogP contribution in [-0.2, 0) is 20.7 Å². The van der Waals surface area contributed by atoms with Crippen molar-refractivity contribution in [1.29, 1.82) is 0 Å². The Kier molecular flexibility index (Phi) is 6.90. The third-order valence-corrected chi connectivity index (χ3v) is 5.11. The monoisotopic (exact) mass is 426 g/mol. The molecule has 1 N–H and O–H groups in total. The number of hydrogen-bond acceptors (Lipinski definition) is 5. The molecule has 0 aromatic heterocycles. The van der Waals surface area contributed by atoms with Gasteiger partial charge in [0.1, 0.15) is 10.7 Å². The lowest BCUT2D eigenvalue weighted by molar-refractivity contribution is -0.120. The first-order chi connectivity index (χ1) is 14.5. The molecule has 0 fully saturated rings. The van der Waals surface area contributed by atoms with Crippen LogP contribution in [-0.4, -0.2) is 24.4 Å². The van der Waals surface area contributed by atoms with Crippen LogP contribution in [0.15, 0.2) is 59.3 Å². The second kappa shape index (κ2) is 9.59. The second-order valence-corrected chi connectivity index (χ2v) is 7.19. The van der Waals surface area contributed by atoms with Crippen molar-refractivity contribution in [1.82, 2.24) is 0 Å². The Morgan fingerprint density at radius 3 is 2.40 bits per heavy atom. The number of benzene rings is 2. The maximum Gasteiger partial charge on any atom is 0.338 e. The summed E-state index contributed by atoms with van der Waals surface area (Å²) in [4.78, 5) is 38.7. The smallest absolute Gasteiger partial charge is 0.338 e. The lowest BCUT2D eigenvalue weighted by Gasteiger charge is -2.18. The number of para-hydroxylation sites is 1. The summed E-state index contributed by atoms with van der Waals surface area (Å²) in [7, 11) is 0. The number of amides is 2. The molecule has 30 heavy (non-hydrogen) atoms. The predicted molar refractivity (Wildman–Crippen MR) is 116 cm³/mol. The van der Waals surface area contributed by atoms with E-state index in [9.17, 15) is 14.4 Å². The number of ether oxygens (including phenoxy) is 1. The number of halogens is 1. The van der Waals surface area contributed by atoms with E-state index in [0.29, 0.717) is 30.0 Å². The van der Waals surface area contributed by atoms with E-state index in [1.54, 1.807) is 36.4 Å². The van der Waals surface area contributed by atoms with E-state index < -0.39 is 17.8 Å². The van der Waals surface area contributed by atoms with Crippen LogP contribution >= 0.6 is 11.6 Å². The first-order valence-electron chi connectivity index (χ1n) is 9.88. The molecule has 6 nitrogen and oxygen atoms in total. The van der Waals surface area contributed by atoms with Gasteiger partial charge in [-0.3, -0.25) is 9.59 Å². The summed E-state index contributed by atoms with van der Waals surface area (Å²) < 4.78 is 5.18. The fourth-order valence-corrected chi connectivity index (χ4v) is 3.30. The van der Waals surface area contributed by atoms with Crippen LogP contribution in [0.2, 0.25) is 0 Å². The number of unbranched alkanes of at least 4 members (excludes halogenated alkanes) is 1. The highest BCUT2D eigenvalue weighted by molar-refractivity contribution is 6.53. The number of carbonyl (C=O) groups is 3. The zero-order chi connectivity index (χ0) is 21.7. The van der Waals surface area contributed by atoms with Crippen LogP contribution in [0.4, 0.5) is 11.4 Å². The number of aryl methyl sites for hydroxylation is 1. The normalized spacial score (nSPS) is 13.8. The molecule has 0 bridgehead atoms. The SMILES string of the molecule is CCCCOC(=O)c1ccc(NC2=C(Cl)C(=O)N(c3ccccc3CC)C2=O)cc1. The van der Waals surface area contributed by atoms with Gasteiger partial charge in [0, 0.05) is 5.69 Å². The van der Waals surface area contributed by atoms with Gasteiger partial charge >= 0.3 is 5.97 Å². The minimum absolute atomic E-state index is 0.00541. The molecule has 3 rings (SSSR count). The quantitative estimate of drug-likeness (QED) is 0.378. The number of rotatable bonds is 8. The van der Waals surface area contributed by atoms with E-state index >= 15 is 0 Å². The van der Waals surface area contributed by atoms with Crippen molar-refractivity contribution in [2.24, 2.45) is 0 Å². The van der Waals surface area contributed by atoms with Crippen LogP contribution in [0.3, 0.4) is 0 Å². The molecule has 0 saturated carbocycles. The van der Waals surface area contributed by atoms with Gasteiger partial charge < -0.3 is 10.1 Å². The van der Waals surface area contributed by atoms with Crippen LogP contribution in [0.1, 0.15) is 42.6 Å². The minimum Gasteiger partial charge on any atom is -0.462 e. The van der Waals surface area contributed by atoms with Crippen LogP contribution in [0, 0.1) is 0 Å². The second-order valence-electron chi connectivity index (χ2n) is 6.81. The number of esters is 1. The maximum absolute atomic E-state index is 12.9. The van der Waals surface area contributed by atoms with Crippen LogP contribution in [0.5, 0.6) is 0 Å². The van der Waals surface area contributed by atoms with E-state index in [4.69, 9.17) is 16.3 Å². The summed E-state index contributed by atoms with van der Waals surface area (Å²) in [6, 6.07) is 13.7. The fourth-order valence-electron chi connectivity index (χ4n) is 3.08. The molecule has 2 amide bonds. The predicted octanol–water partition coefficient (Wildman–Crippen LogP) is 4.64. The molecular weight excluding hydrogens is 404 g/mol. The number of hydrogen-bond donors (Lipinski definition) is 1. The van der Waals surface area contributed by atoms with Gasteiger partial charge in [-0.05, 0) is 48.7 Å². The van der Waals surface area contributed by atoms with Crippen molar-refractivity contribution in [3.05, 3.63) is 70.4 Å². The van der Waals surface area contributed by atoms with Gasteiger partial charge in [0.05, 0.1) is 17.9 Å². The molecule has 2 aromatic rings. The van der Waals surface area contributed by atoms with Crippen LogP contribution in [0.25, 0.3) is 0 Å². The zero-order valence-electron chi connectivity index (χ0n) is 16.9. The largest absolute Gasteiger partial charge is 0.462 e. The summed E-state index contributed by atoms with van der Waals surface area (Å²) >= 11 is 6.20. The zero-order valence-corrected chi connectivity index (χ0v) is 17.7. The Balaban J connectivity index is 1.76. The standard InChI is InChI=1S/C23H23ClN2O4/c1-3-5-14-30-23(29)16-10-12-17(13-11-16)25-20-19(24)21(27)26(22(20)28)18-9-7-6-8-15(18)4-2/h6-13,25H,3-5,14H2,1-2H3.